The molecule has 1 heterocycles. The molecule has 0 saturated carbocycles. The van der Waals surface area contributed by atoms with Gasteiger partial charge in [0.25, 0.3) is 0 Å². The number of rotatable bonds is 5. The van der Waals surface area contributed by atoms with Crippen LogP contribution in [0.4, 0.5) is 13.2 Å². The van der Waals surface area contributed by atoms with Gasteiger partial charge in [-0.2, -0.15) is 13.2 Å². The zero-order valence-corrected chi connectivity index (χ0v) is 13.3. The lowest BCUT2D eigenvalue weighted by molar-refractivity contribution is -0.137. The van der Waals surface area contributed by atoms with Crippen molar-refractivity contribution in [2.45, 2.75) is 38.8 Å². The molecule has 120 valence electrons. The number of unbranched alkanes of at least 4 members (excludes halogenated alkanes) is 2. The van der Waals surface area contributed by atoms with Crippen LogP contribution in [0.25, 0.3) is 5.69 Å². The molecule has 0 N–H and O–H groups in total. The second-order valence-corrected chi connectivity index (χ2v) is 5.69. The summed E-state index contributed by atoms with van der Waals surface area (Å²) < 4.78 is 39.7. The molecule has 0 atom stereocenters. The summed E-state index contributed by atoms with van der Waals surface area (Å²) in [6.45, 7) is 2.08. The van der Waals surface area contributed by atoms with Gasteiger partial charge in [0.15, 0.2) is 0 Å². The minimum atomic E-state index is -4.50. The molecule has 0 amide bonds. The fraction of sp³-hybridized carbons (Fsp3) is 0.429. The number of hydrogen-bond donors (Lipinski definition) is 0. The lowest BCUT2D eigenvalue weighted by Crippen LogP contribution is -2.08. The van der Waals surface area contributed by atoms with Crippen molar-refractivity contribution in [3.63, 3.8) is 0 Å². The van der Waals surface area contributed by atoms with Crippen molar-refractivity contribution in [3.05, 3.63) is 39.6 Å². The summed E-state index contributed by atoms with van der Waals surface area (Å²) >= 11 is 12.0. The number of aromatic nitrogens is 3. The maximum Gasteiger partial charge on any atom is 0.416 e. The Hall–Kier alpha value is -1.27. The van der Waals surface area contributed by atoms with Crippen molar-refractivity contribution >= 4 is 23.2 Å². The smallest absolute Gasteiger partial charge is 0.215 e. The highest BCUT2D eigenvalue weighted by atomic mass is 35.5. The predicted molar refractivity (Wildman–Crippen MR) is 79.6 cm³/mol. The average Bonchev–Trinajstić information content (AvgIpc) is 2.85. The average molecular weight is 352 g/mol. The molecule has 0 aliphatic carbocycles. The zero-order valence-electron chi connectivity index (χ0n) is 11.8. The van der Waals surface area contributed by atoms with E-state index in [1.807, 2.05) is 0 Å². The van der Waals surface area contributed by atoms with Gasteiger partial charge in [-0.1, -0.05) is 48.2 Å². The van der Waals surface area contributed by atoms with Gasteiger partial charge in [-0.05, 0) is 25.0 Å². The fourth-order valence-corrected chi connectivity index (χ4v) is 2.75. The molecule has 0 fully saturated rings. The topological polar surface area (TPSA) is 30.7 Å². The minimum Gasteiger partial charge on any atom is -0.215 e. The Morgan fingerprint density at radius 1 is 1.14 bits per heavy atom. The van der Waals surface area contributed by atoms with Gasteiger partial charge in [-0.25, -0.2) is 4.68 Å². The van der Waals surface area contributed by atoms with Crippen LogP contribution in [-0.4, -0.2) is 15.0 Å². The number of alkyl halides is 3. The molecule has 0 unspecified atom stereocenters. The summed E-state index contributed by atoms with van der Waals surface area (Å²) in [5, 5.41) is 7.48. The van der Waals surface area contributed by atoms with E-state index < -0.39 is 11.7 Å². The van der Waals surface area contributed by atoms with Crippen LogP contribution in [0.5, 0.6) is 0 Å². The molecule has 0 bridgehead atoms. The number of hydrogen-bond acceptors (Lipinski definition) is 2. The second-order valence-electron chi connectivity index (χ2n) is 4.88. The Kier molecular flexibility index (Phi) is 5.34. The van der Waals surface area contributed by atoms with E-state index in [2.05, 4.69) is 17.2 Å². The third kappa shape index (κ3) is 3.73. The van der Waals surface area contributed by atoms with Gasteiger partial charge >= 0.3 is 6.18 Å². The van der Waals surface area contributed by atoms with E-state index in [0.29, 0.717) is 6.42 Å². The lowest BCUT2D eigenvalue weighted by atomic mass is 10.1. The molecule has 1 aromatic heterocycles. The lowest BCUT2D eigenvalue weighted by Gasteiger charge is -2.13. The monoisotopic (exact) mass is 351 g/mol. The molecule has 1 aromatic carbocycles. The predicted octanol–water partition coefficient (Wildman–Crippen LogP) is 5.33. The maximum absolute atomic E-state index is 12.8. The van der Waals surface area contributed by atoms with Crippen molar-refractivity contribution in [1.29, 1.82) is 0 Å². The third-order valence-corrected chi connectivity index (χ3v) is 3.79. The van der Waals surface area contributed by atoms with Crippen molar-refractivity contribution in [3.8, 4) is 5.69 Å². The van der Waals surface area contributed by atoms with Gasteiger partial charge in [0.05, 0.1) is 27.5 Å². The Morgan fingerprint density at radius 2 is 1.77 bits per heavy atom. The summed E-state index contributed by atoms with van der Waals surface area (Å²) in [6, 6.07) is 1.69. The van der Waals surface area contributed by atoms with Crippen molar-refractivity contribution < 1.29 is 13.2 Å². The quantitative estimate of drug-likeness (QED) is 0.682. The molecule has 0 saturated heterocycles. The molecule has 2 aromatic rings. The number of halogens is 5. The van der Waals surface area contributed by atoms with E-state index >= 15 is 0 Å². The molecule has 22 heavy (non-hydrogen) atoms. The van der Waals surface area contributed by atoms with Crippen LogP contribution in [0.15, 0.2) is 18.3 Å². The van der Waals surface area contributed by atoms with Crippen LogP contribution in [0.3, 0.4) is 0 Å². The highest BCUT2D eigenvalue weighted by Gasteiger charge is 2.32. The largest absolute Gasteiger partial charge is 0.416 e. The summed E-state index contributed by atoms with van der Waals surface area (Å²) in [5.74, 6) is 0. The van der Waals surface area contributed by atoms with Crippen LogP contribution >= 0.6 is 23.2 Å². The summed E-state index contributed by atoms with van der Waals surface area (Å²) in [4.78, 5) is 0. The van der Waals surface area contributed by atoms with E-state index in [1.54, 1.807) is 6.20 Å². The molecular weight excluding hydrogens is 338 g/mol. The van der Waals surface area contributed by atoms with Gasteiger partial charge in [0.2, 0.25) is 0 Å². The number of benzene rings is 1. The molecule has 0 radical (unpaired) electrons. The van der Waals surface area contributed by atoms with Crippen molar-refractivity contribution in [2.24, 2.45) is 0 Å². The molecule has 0 aliphatic heterocycles. The Labute approximate surface area is 136 Å². The van der Waals surface area contributed by atoms with Crippen molar-refractivity contribution in [2.75, 3.05) is 0 Å². The van der Waals surface area contributed by atoms with E-state index in [1.165, 1.54) is 4.68 Å². The molecule has 3 nitrogen and oxygen atoms in total. The first kappa shape index (κ1) is 17.1. The molecule has 2 rings (SSSR count). The molecule has 8 heteroatoms. The minimum absolute atomic E-state index is 0.109. The van der Waals surface area contributed by atoms with E-state index in [4.69, 9.17) is 23.2 Å². The highest BCUT2D eigenvalue weighted by molar-refractivity contribution is 6.37. The van der Waals surface area contributed by atoms with Gasteiger partial charge in [0, 0.05) is 0 Å². The normalized spacial score (nSPS) is 11.9. The fourth-order valence-electron chi connectivity index (χ4n) is 2.10. The van der Waals surface area contributed by atoms with Gasteiger partial charge < -0.3 is 0 Å². The molecule has 0 spiro atoms. The first-order chi connectivity index (χ1) is 10.3. The zero-order chi connectivity index (χ0) is 16.3. The summed E-state index contributed by atoms with van der Waals surface area (Å²) in [6.07, 6.45) is 0.801. The third-order valence-electron chi connectivity index (χ3n) is 3.21. The first-order valence-corrected chi connectivity index (χ1v) is 7.56. The first-order valence-electron chi connectivity index (χ1n) is 6.80. The van der Waals surface area contributed by atoms with Gasteiger partial charge in [0.1, 0.15) is 5.69 Å². The number of nitrogens with zero attached hydrogens (tertiary/aromatic N) is 3. The highest BCUT2D eigenvalue weighted by Crippen LogP contribution is 2.37. The standard InChI is InChI=1S/C14H14Cl2F3N3/c1-2-3-4-5-10-8-20-21-22(10)13-11(15)6-9(7-12(13)16)14(17,18)19/h6-8H,2-5H2,1H3. The Morgan fingerprint density at radius 3 is 2.32 bits per heavy atom. The summed E-state index contributed by atoms with van der Waals surface area (Å²) in [7, 11) is 0. The van der Waals surface area contributed by atoms with Crippen LogP contribution in [-0.2, 0) is 12.6 Å². The molecular formula is C14H14Cl2F3N3. The van der Waals surface area contributed by atoms with E-state index in [9.17, 15) is 13.2 Å². The second kappa shape index (κ2) is 6.87. The molecule has 0 aliphatic rings. The van der Waals surface area contributed by atoms with Gasteiger partial charge in [-0.3, -0.25) is 0 Å². The van der Waals surface area contributed by atoms with Crippen LogP contribution in [0.2, 0.25) is 10.0 Å². The SMILES string of the molecule is CCCCCc1cnnn1-c1c(Cl)cc(C(F)(F)F)cc1Cl. The van der Waals surface area contributed by atoms with E-state index in [0.717, 1.165) is 37.1 Å². The van der Waals surface area contributed by atoms with Crippen LogP contribution in [0, 0.1) is 0 Å². The summed E-state index contributed by atoms with van der Waals surface area (Å²) in [5.41, 5.74) is 0.0937. The Balaban J connectivity index is 2.40. The van der Waals surface area contributed by atoms with E-state index in [-0.39, 0.29) is 15.7 Å². The number of aryl methyl sites for hydroxylation is 1. The van der Waals surface area contributed by atoms with Crippen LogP contribution < -0.4 is 0 Å². The Bertz CT molecular complexity index is 630. The van der Waals surface area contributed by atoms with Crippen molar-refractivity contribution in [1.82, 2.24) is 15.0 Å². The van der Waals surface area contributed by atoms with Gasteiger partial charge in [-0.15, -0.1) is 5.10 Å². The maximum atomic E-state index is 12.8. The van der Waals surface area contributed by atoms with Crippen LogP contribution in [0.1, 0.15) is 37.4 Å².